The summed E-state index contributed by atoms with van der Waals surface area (Å²) < 4.78 is 0. The molecule has 3 heterocycles. The van der Waals surface area contributed by atoms with Crippen LogP contribution >= 0.6 is 0 Å². The molecule has 0 unspecified atom stereocenters. The van der Waals surface area contributed by atoms with E-state index in [1.807, 2.05) is 35.4 Å². The van der Waals surface area contributed by atoms with Crippen LogP contribution in [-0.2, 0) is 11.2 Å². The van der Waals surface area contributed by atoms with Crippen molar-refractivity contribution in [3.8, 4) is 0 Å². The molecule has 3 aromatic rings. The molecule has 2 aromatic heterocycles. The number of rotatable bonds is 5. The SMILES string of the molecule is O=C(CCCc1ccccc1)N1CC=C(c2c[nH]c3ncccc23)CC1. The van der Waals surface area contributed by atoms with Crippen LogP contribution in [0.5, 0.6) is 0 Å². The zero-order valence-electron chi connectivity index (χ0n) is 14.8. The lowest BCUT2D eigenvalue weighted by atomic mass is 9.99. The van der Waals surface area contributed by atoms with Crippen molar-refractivity contribution in [2.24, 2.45) is 0 Å². The van der Waals surface area contributed by atoms with Gasteiger partial charge in [0.1, 0.15) is 5.65 Å². The molecule has 132 valence electrons. The second kappa shape index (κ2) is 7.56. The van der Waals surface area contributed by atoms with Crippen molar-refractivity contribution in [2.75, 3.05) is 13.1 Å². The second-order valence-corrected chi connectivity index (χ2v) is 6.76. The predicted molar refractivity (Wildman–Crippen MR) is 105 cm³/mol. The fraction of sp³-hybridized carbons (Fsp3) is 0.273. The Morgan fingerprint density at radius 3 is 2.85 bits per heavy atom. The first-order valence-corrected chi connectivity index (χ1v) is 9.24. The highest BCUT2D eigenvalue weighted by Gasteiger charge is 2.19. The molecule has 26 heavy (non-hydrogen) atoms. The van der Waals surface area contributed by atoms with Gasteiger partial charge in [0.25, 0.3) is 0 Å². The van der Waals surface area contributed by atoms with E-state index in [0.717, 1.165) is 36.8 Å². The van der Waals surface area contributed by atoms with Gasteiger partial charge in [-0.15, -0.1) is 0 Å². The highest BCUT2D eigenvalue weighted by molar-refractivity contribution is 5.91. The Labute approximate surface area is 153 Å². The molecule has 1 aliphatic rings. The third kappa shape index (κ3) is 3.54. The third-order valence-electron chi connectivity index (χ3n) is 5.06. The summed E-state index contributed by atoms with van der Waals surface area (Å²) in [4.78, 5) is 22.0. The van der Waals surface area contributed by atoms with E-state index in [1.165, 1.54) is 16.7 Å². The first kappa shape index (κ1) is 16.6. The number of aryl methyl sites for hydroxylation is 1. The number of nitrogens with one attached hydrogen (secondary N) is 1. The average Bonchev–Trinajstić information content (AvgIpc) is 3.13. The van der Waals surface area contributed by atoms with E-state index in [-0.39, 0.29) is 5.91 Å². The molecule has 0 bridgehead atoms. The fourth-order valence-corrected chi connectivity index (χ4v) is 3.61. The maximum absolute atomic E-state index is 12.5. The lowest BCUT2D eigenvalue weighted by Crippen LogP contribution is -2.34. The quantitative estimate of drug-likeness (QED) is 0.753. The van der Waals surface area contributed by atoms with Crippen LogP contribution in [0.2, 0.25) is 0 Å². The lowest BCUT2D eigenvalue weighted by Gasteiger charge is -2.26. The fourth-order valence-electron chi connectivity index (χ4n) is 3.61. The average molecular weight is 345 g/mol. The Bertz CT molecular complexity index is 927. The zero-order valence-corrected chi connectivity index (χ0v) is 14.8. The number of aromatic amines is 1. The molecular weight excluding hydrogens is 322 g/mol. The van der Waals surface area contributed by atoms with Crippen LogP contribution in [0, 0.1) is 0 Å². The molecule has 1 N–H and O–H groups in total. The summed E-state index contributed by atoms with van der Waals surface area (Å²) >= 11 is 0. The molecular formula is C22H23N3O. The molecule has 4 nitrogen and oxygen atoms in total. The molecule has 0 radical (unpaired) electrons. The van der Waals surface area contributed by atoms with Crippen LogP contribution in [0.25, 0.3) is 16.6 Å². The summed E-state index contributed by atoms with van der Waals surface area (Å²) in [5, 5.41) is 1.15. The van der Waals surface area contributed by atoms with Gasteiger partial charge in [-0.3, -0.25) is 4.79 Å². The molecule has 1 aliphatic heterocycles. The van der Waals surface area contributed by atoms with Crippen LogP contribution in [0.4, 0.5) is 0 Å². The number of H-pyrrole nitrogens is 1. The van der Waals surface area contributed by atoms with E-state index in [1.54, 1.807) is 6.20 Å². The standard InChI is InChI=1S/C22H23N3O/c26-21(10-4-8-17-6-2-1-3-7-17)25-14-11-18(12-15-25)20-16-24-22-19(20)9-5-13-23-22/h1-3,5-7,9,11,13,16H,4,8,10,12,14-15H2,(H,23,24). The van der Waals surface area contributed by atoms with Crippen LogP contribution in [0.1, 0.15) is 30.4 Å². The second-order valence-electron chi connectivity index (χ2n) is 6.76. The van der Waals surface area contributed by atoms with Crippen LogP contribution < -0.4 is 0 Å². The molecule has 0 spiro atoms. The summed E-state index contributed by atoms with van der Waals surface area (Å²) in [7, 11) is 0. The Hall–Kier alpha value is -2.88. The monoisotopic (exact) mass is 345 g/mol. The number of carbonyl (C=O) groups is 1. The Morgan fingerprint density at radius 2 is 2.04 bits per heavy atom. The van der Waals surface area contributed by atoms with Crippen molar-refractivity contribution < 1.29 is 4.79 Å². The van der Waals surface area contributed by atoms with Gasteiger partial charge in [0.15, 0.2) is 0 Å². The summed E-state index contributed by atoms with van der Waals surface area (Å²) in [6.45, 7) is 1.50. The van der Waals surface area contributed by atoms with E-state index in [9.17, 15) is 4.79 Å². The molecule has 4 heteroatoms. The Morgan fingerprint density at radius 1 is 1.15 bits per heavy atom. The normalized spacial score (nSPS) is 14.5. The van der Waals surface area contributed by atoms with Gasteiger partial charge in [0.2, 0.25) is 5.91 Å². The minimum Gasteiger partial charge on any atom is -0.346 e. The molecule has 1 amide bonds. The van der Waals surface area contributed by atoms with Crippen molar-refractivity contribution in [3.05, 3.63) is 72.1 Å². The first-order valence-electron chi connectivity index (χ1n) is 9.24. The minimum absolute atomic E-state index is 0.261. The summed E-state index contributed by atoms with van der Waals surface area (Å²) in [5.74, 6) is 0.261. The number of amides is 1. The molecule has 0 saturated heterocycles. The van der Waals surface area contributed by atoms with Crippen molar-refractivity contribution >= 4 is 22.5 Å². The van der Waals surface area contributed by atoms with Gasteiger partial charge in [0.05, 0.1) is 0 Å². The molecule has 0 aliphatic carbocycles. The van der Waals surface area contributed by atoms with Crippen LogP contribution in [0.3, 0.4) is 0 Å². The smallest absolute Gasteiger partial charge is 0.222 e. The van der Waals surface area contributed by atoms with Gasteiger partial charge >= 0.3 is 0 Å². The van der Waals surface area contributed by atoms with E-state index in [4.69, 9.17) is 0 Å². The lowest BCUT2D eigenvalue weighted by molar-refractivity contribution is -0.130. The van der Waals surface area contributed by atoms with E-state index in [0.29, 0.717) is 13.0 Å². The third-order valence-corrected chi connectivity index (χ3v) is 5.06. The highest BCUT2D eigenvalue weighted by Crippen LogP contribution is 2.28. The topological polar surface area (TPSA) is 49.0 Å². The van der Waals surface area contributed by atoms with Crippen LogP contribution in [0.15, 0.2) is 60.9 Å². The highest BCUT2D eigenvalue weighted by atomic mass is 16.2. The van der Waals surface area contributed by atoms with E-state index in [2.05, 4.69) is 34.2 Å². The van der Waals surface area contributed by atoms with Crippen molar-refractivity contribution in [1.29, 1.82) is 0 Å². The first-order chi connectivity index (χ1) is 12.8. The predicted octanol–water partition coefficient (Wildman–Crippen LogP) is 4.20. The van der Waals surface area contributed by atoms with Gasteiger partial charge in [-0.05, 0) is 42.5 Å². The van der Waals surface area contributed by atoms with Gasteiger partial charge in [-0.2, -0.15) is 0 Å². The summed E-state index contributed by atoms with van der Waals surface area (Å²) in [6, 6.07) is 14.4. The van der Waals surface area contributed by atoms with Gasteiger partial charge in [0, 0.05) is 42.9 Å². The largest absolute Gasteiger partial charge is 0.346 e. The maximum atomic E-state index is 12.5. The summed E-state index contributed by atoms with van der Waals surface area (Å²) in [5.41, 5.74) is 4.73. The van der Waals surface area contributed by atoms with Gasteiger partial charge in [-0.1, -0.05) is 36.4 Å². The molecule has 0 saturated carbocycles. The van der Waals surface area contributed by atoms with E-state index >= 15 is 0 Å². The number of fused-ring (bicyclic) bond motifs is 1. The number of aromatic nitrogens is 2. The van der Waals surface area contributed by atoms with Gasteiger partial charge < -0.3 is 9.88 Å². The van der Waals surface area contributed by atoms with Crippen molar-refractivity contribution in [1.82, 2.24) is 14.9 Å². The van der Waals surface area contributed by atoms with Crippen molar-refractivity contribution in [2.45, 2.75) is 25.7 Å². The molecule has 1 aromatic carbocycles. The maximum Gasteiger partial charge on any atom is 0.222 e. The van der Waals surface area contributed by atoms with Crippen LogP contribution in [-0.4, -0.2) is 33.9 Å². The van der Waals surface area contributed by atoms with Gasteiger partial charge in [-0.25, -0.2) is 4.98 Å². The number of nitrogens with zero attached hydrogens (tertiary/aromatic N) is 2. The number of carbonyl (C=O) groups excluding carboxylic acids is 1. The Kier molecular flexibility index (Phi) is 4.82. The number of pyridine rings is 1. The van der Waals surface area contributed by atoms with E-state index < -0.39 is 0 Å². The number of benzene rings is 1. The number of hydrogen-bond donors (Lipinski definition) is 1. The minimum atomic E-state index is 0.261. The molecule has 4 rings (SSSR count). The Balaban J connectivity index is 1.34. The molecule has 0 fully saturated rings. The van der Waals surface area contributed by atoms with Crippen molar-refractivity contribution in [3.63, 3.8) is 0 Å². The zero-order chi connectivity index (χ0) is 17.8. The summed E-state index contributed by atoms with van der Waals surface area (Å²) in [6.07, 6.45) is 9.40. The number of hydrogen-bond acceptors (Lipinski definition) is 2. The molecule has 0 atom stereocenters.